The Kier molecular flexibility index (Phi) is 8.71. The lowest BCUT2D eigenvalue weighted by Gasteiger charge is -2.23. The number of hydrogen-bond donors (Lipinski definition) is 3. The number of pyridine rings is 1. The molecule has 0 saturated carbocycles. The Morgan fingerprint density at radius 3 is 2.65 bits per heavy atom. The maximum Gasteiger partial charge on any atom is 0.255 e. The highest BCUT2D eigenvalue weighted by atomic mass is 35.5. The first-order chi connectivity index (χ1) is 11.6. The Bertz CT molecular complexity index is 776. The van der Waals surface area contributed by atoms with Crippen LogP contribution >= 0.6 is 24.8 Å². The van der Waals surface area contributed by atoms with Gasteiger partial charge in [0.2, 0.25) is 5.91 Å². The maximum atomic E-state index is 12.4. The molecule has 7 nitrogen and oxygen atoms in total. The summed E-state index contributed by atoms with van der Waals surface area (Å²) in [5.74, 6) is 0.344. The van der Waals surface area contributed by atoms with Gasteiger partial charge in [-0.05, 0) is 38.4 Å². The van der Waals surface area contributed by atoms with Gasteiger partial charge in [-0.15, -0.1) is 24.8 Å². The number of halogens is 2. The molecule has 0 radical (unpaired) electrons. The molecule has 2 aromatic heterocycles. The van der Waals surface area contributed by atoms with Crippen molar-refractivity contribution in [2.24, 2.45) is 0 Å². The second-order valence-electron chi connectivity index (χ2n) is 6.00. The fourth-order valence-electron chi connectivity index (χ4n) is 2.88. The summed E-state index contributed by atoms with van der Waals surface area (Å²) in [6, 6.07) is 3.69. The Balaban J connectivity index is 0.00000169. The van der Waals surface area contributed by atoms with E-state index in [9.17, 15) is 9.59 Å². The predicted molar refractivity (Wildman–Crippen MR) is 105 cm³/mol. The van der Waals surface area contributed by atoms with Crippen molar-refractivity contribution < 1.29 is 4.79 Å². The monoisotopic (exact) mass is 399 g/mol. The van der Waals surface area contributed by atoms with Crippen molar-refractivity contribution in [1.29, 1.82) is 0 Å². The maximum absolute atomic E-state index is 12.4. The fraction of sp³-hybridized carbons (Fsp3) is 0.412. The highest BCUT2D eigenvalue weighted by molar-refractivity contribution is 5.85. The molecule has 3 rings (SSSR count). The van der Waals surface area contributed by atoms with Crippen molar-refractivity contribution >= 4 is 30.7 Å². The van der Waals surface area contributed by atoms with Crippen molar-refractivity contribution in [2.45, 2.75) is 32.2 Å². The van der Waals surface area contributed by atoms with E-state index < -0.39 is 0 Å². The minimum absolute atomic E-state index is 0. The number of carbonyl (C=O) groups excluding carboxylic acids is 1. The van der Waals surface area contributed by atoms with Crippen molar-refractivity contribution in [3.8, 4) is 11.4 Å². The van der Waals surface area contributed by atoms with Gasteiger partial charge in [0.25, 0.3) is 5.56 Å². The van der Waals surface area contributed by atoms with E-state index in [1.54, 1.807) is 31.5 Å². The molecule has 26 heavy (non-hydrogen) atoms. The van der Waals surface area contributed by atoms with E-state index >= 15 is 0 Å². The van der Waals surface area contributed by atoms with Gasteiger partial charge < -0.3 is 15.6 Å². The van der Waals surface area contributed by atoms with Crippen molar-refractivity contribution in [1.82, 2.24) is 25.6 Å². The molecule has 3 heterocycles. The first-order valence-electron chi connectivity index (χ1n) is 8.14. The van der Waals surface area contributed by atoms with Crippen molar-refractivity contribution in [3.63, 3.8) is 0 Å². The first kappa shape index (κ1) is 22.1. The molecule has 1 amide bonds. The number of rotatable bonds is 4. The van der Waals surface area contributed by atoms with Gasteiger partial charge in [0.1, 0.15) is 5.82 Å². The number of amides is 1. The molecular formula is C17H23Cl2N5O2. The molecule has 3 N–H and O–H groups in total. The number of hydrogen-bond acceptors (Lipinski definition) is 5. The smallest absolute Gasteiger partial charge is 0.255 e. The van der Waals surface area contributed by atoms with E-state index in [1.165, 1.54) is 0 Å². The van der Waals surface area contributed by atoms with E-state index in [1.807, 2.05) is 0 Å². The van der Waals surface area contributed by atoms with E-state index in [2.05, 4.69) is 25.6 Å². The minimum atomic E-state index is -0.272. The number of aryl methyl sites for hydroxylation is 1. The fourth-order valence-corrected chi connectivity index (χ4v) is 2.88. The number of aromatic amines is 1. The molecule has 9 heteroatoms. The number of H-pyrrole nitrogens is 1. The van der Waals surface area contributed by atoms with Crippen LogP contribution in [0.15, 0.2) is 29.3 Å². The van der Waals surface area contributed by atoms with Crippen molar-refractivity contribution in [3.05, 3.63) is 46.1 Å². The zero-order chi connectivity index (χ0) is 16.9. The van der Waals surface area contributed by atoms with Gasteiger partial charge in [-0.1, -0.05) is 0 Å². The molecule has 1 fully saturated rings. The number of piperidine rings is 1. The van der Waals surface area contributed by atoms with Crippen LogP contribution in [0.1, 0.15) is 24.1 Å². The second kappa shape index (κ2) is 10.3. The van der Waals surface area contributed by atoms with Gasteiger partial charge in [-0.3, -0.25) is 14.6 Å². The SMILES string of the molecule is Cc1nc(-c2ccncc2)[nH]c(=O)c1CC(=O)N[C@H]1CCCNC1.Cl.Cl. The Hall–Kier alpha value is -1.96. The van der Waals surface area contributed by atoms with Crippen LogP contribution in [-0.4, -0.2) is 40.0 Å². The van der Waals surface area contributed by atoms with Crippen LogP contribution in [0.5, 0.6) is 0 Å². The number of nitrogens with one attached hydrogen (secondary N) is 3. The molecule has 1 atom stereocenters. The molecular weight excluding hydrogens is 377 g/mol. The average Bonchev–Trinajstić information content (AvgIpc) is 2.59. The minimum Gasteiger partial charge on any atom is -0.352 e. The average molecular weight is 400 g/mol. The van der Waals surface area contributed by atoms with Gasteiger partial charge in [0, 0.05) is 41.8 Å². The number of carbonyl (C=O) groups is 1. The van der Waals surface area contributed by atoms with E-state index in [4.69, 9.17) is 0 Å². The summed E-state index contributed by atoms with van der Waals surface area (Å²) in [5.41, 5.74) is 1.50. The van der Waals surface area contributed by atoms with Crippen LogP contribution in [0.25, 0.3) is 11.4 Å². The van der Waals surface area contributed by atoms with Gasteiger partial charge >= 0.3 is 0 Å². The number of aromatic nitrogens is 3. The molecule has 142 valence electrons. The topological polar surface area (TPSA) is 99.8 Å². The second-order valence-corrected chi connectivity index (χ2v) is 6.00. The summed E-state index contributed by atoms with van der Waals surface area (Å²) in [7, 11) is 0. The third-order valence-electron chi connectivity index (χ3n) is 4.18. The zero-order valence-corrected chi connectivity index (χ0v) is 16.1. The quantitative estimate of drug-likeness (QED) is 0.721. The Labute approximate surface area is 164 Å². The molecule has 0 bridgehead atoms. The molecule has 1 aliphatic heterocycles. The van der Waals surface area contributed by atoms with Crippen LogP contribution in [0.4, 0.5) is 0 Å². The summed E-state index contributed by atoms with van der Waals surface area (Å²) >= 11 is 0. The lowest BCUT2D eigenvalue weighted by molar-refractivity contribution is -0.121. The van der Waals surface area contributed by atoms with Crippen LogP contribution in [0.3, 0.4) is 0 Å². The van der Waals surface area contributed by atoms with E-state index in [-0.39, 0.29) is 48.7 Å². The molecule has 1 saturated heterocycles. The summed E-state index contributed by atoms with van der Waals surface area (Å²) in [5, 5.41) is 6.23. The van der Waals surface area contributed by atoms with Crippen LogP contribution in [-0.2, 0) is 11.2 Å². The van der Waals surface area contributed by atoms with Gasteiger partial charge in [-0.25, -0.2) is 4.98 Å². The van der Waals surface area contributed by atoms with E-state index in [0.717, 1.165) is 31.5 Å². The normalized spacial score (nSPS) is 16.1. The molecule has 0 aliphatic carbocycles. The molecule has 2 aromatic rings. The summed E-state index contributed by atoms with van der Waals surface area (Å²) in [6.45, 7) is 3.52. The third-order valence-corrected chi connectivity index (χ3v) is 4.18. The first-order valence-corrected chi connectivity index (χ1v) is 8.14. The summed E-state index contributed by atoms with van der Waals surface area (Å²) in [6.07, 6.45) is 5.34. The van der Waals surface area contributed by atoms with Gasteiger partial charge in [0.05, 0.1) is 6.42 Å². The summed E-state index contributed by atoms with van der Waals surface area (Å²) < 4.78 is 0. The predicted octanol–water partition coefficient (Wildman–Crippen LogP) is 1.39. The van der Waals surface area contributed by atoms with Crippen molar-refractivity contribution in [2.75, 3.05) is 13.1 Å². The zero-order valence-electron chi connectivity index (χ0n) is 14.4. The van der Waals surface area contributed by atoms with Crippen LogP contribution < -0.4 is 16.2 Å². The van der Waals surface area contributed by atoms with Gasteiger partial charge in [-0.2, -0.15) is 0 Å². The highest BCUT2D eigenvalue weighted by Gasteiger charge is 2.18. The largest absolute Gasteiger partial charge is 0.352 e. The lowest BCUT2D eigenvalue weighted by Crippen LogP contribution is -2.46. The molecule has 1 aliphatic rings. The van der Waals surface area contributed by atoms with Gasteiger partial charge in [0.15, 0.2) is 0 Å². The van der Waals surface area contributed by atoms with Crippen LogP contribution in [0.2, 0.25) is 0 Å². The van der Waals surface area contributed by atoms with E-state index in [0.29, 0.717) is 17.1 Å². The molecule has 0 unspecified atom stereocenters. The Morgan fingerprint density at radius 2 is 2.04 bits per heavy atom. The molecule has 0 aromatic carbocycles. The standard InChI is InChI=1S/C17H21N5O2.2ClH/c1-11-14(9-15(23)21-13-3-2-6-19-10-13)17(24)22-16(20-11)12-4-7-18-8-5-12;;/h4-5,7-8,13,19H,2-3,6,9-10H2,1H3,(H,21,23)(H,20,22,24);2*1H/t13-;;/m0../s1. The number of nitrogens with zero attached hydrogens (tertiary/aromatic N) is 2. The van der Waals surface area contributed by atoms with Crippen LogP contribution in [0, 0.1) is 6.92 Å². The highest BCUT2D eigenvalue weighted by Crippen LogP contribution is 2.13. The molecule has 0 spiro atoms. The lowest BCUT2D eigenvalue weighted by atomic mass is 10.1. The third kappa shape index (κ3) is 5.52. The Morgan fingerprint density at radius 1 is 1.31 bits per heavy atom. The summed E-state index contributed by atoms with van der Waals surface area (Å²) in [4.78, 5) is 35.7.